The Hall–Kier alpha value is -5.84. The van der Waals surface area contributed by atoms with E-state index >= 15 is 0 Å². The van der Waals surface area contributed by atoms with Crippen molar-refractivity contribution in [2.45, 2.75) is 123 Å². The molecule has 0 saturated carbocycles. The highest BCUT2D eigenvalue weighted by Gasteiger charge is 2.44. The van der Waals surface area contributed by atoms with Crippen molar-refractivity contribution in [1.29, 1.82) is 0 Å². The fourth-order valence-electron chi connectivity index (χ4n) is 10.3. The molecule has 8 rings (SSSR count). The van der Waals surface area contributed by atoms with Crippen molar-refractivity contribution in [2.75, 3.05) is 40.4 Å². The molecule has 0 spiro atoms. The van der Waals surface area contributed by atoms with Crippen molar-refractivity contribution in [3.8, 4) is 28.1 Å². The predicted octanol–water partition coefficient (Wildman–Crippen LogP) is 4.90. The highest BCUT2D eigenvalue weighted by Crippen LogP contribution is 2.42. The standard InChI is InChI=1S/C51H66N8O8/c1-9-57-41-17-16-32-25-36(41)37(45(57)35-13-10-18-52-43(35)30(4)66-8)26-51(5,6)28-67-50(65)38-14-11-20-59(55-38)48(63)39(23-31-21-33(32)24-34(60)22-31)54-46(61)44(29(2)3)56(7)49(64)42-15-12-19-58(42)47(62)40-27-53-40/h10,13,16-18,21-22,24-25,29-30,38-40,42,44,53,55,60H,9,11-12,14-15,19-20,23,26-28H2,1-8H3,(H,54,61)/t30-,38-,39-,40+,42+,44-/m0/s1. The largest absolute Gasteiger partial charge is 0.508 e. The van der Waals surface area contributed by atoms with Crippen molar-refractivity contribution < 1.29 is 38.6 Å². The lowest BCUT2D eigenvalue weighted by Crippen LogP contribution is -2.62. The number of methoxy groups -OCH3 is 1. The third-order valence-corrected chi connectivity index (χ3v) is 13.9. The van der Waals surface area contributed by atoms with Gasteiger partial charge in [-0.05, 0) is 111 Å². The van der Waals surface area contributed by atoms with E-state index < -0.39 is 47.4 Å². The van der Waals surface area contributed by atoms with Gasteiger partial charge in [0, 0.05) is 74.8 Å². The summed E-state index contributed by atoms with van der Waals surface area (Å²) >= 11 is 0. The number of hydrogen-bond donors (Lipinski definition) is 4. The Balaban J connectivity index is 1.20. The molecule has 6 heterocycles. The molecule has 2 aromatic heterocycles. The monoisotopic (exact) mass is 919 g/mol. The lowest BCUT2D eigenvalue weighted by molar-refractivity contribution is -0.155. The van der Waals surface area contributed by atoms with Gasteiger partial charge in [0.1, 0.15) is 29.9 Å². The van der Waals surface area contributed by atoms with Crippen LogP contribution in [0.1, 0.15) is 90.2 Å². The first-order valence-corrected chi connectivity index (χ1v) is 23.8. The molecule has 4 N–H and O–H groups in total. The number of likely N-dealkylation sites (tertiary alicyclic amines) is 1. The summed E-state index contributed by atoms with van der Waals surface area (Å²) in [6, 6.07) is 11.5. The third-order valence-electron chi connectivity index (χ3n) is 13.9. The summed E-state index contributed by atoms with van der Waals surface area (Å²) < 4.78 is 14.2. The van der Waals surface area contributed by atoms with Crippen molar-refractivity contribution in [3.63, 3.8) is 0 Å². The van der Waals surface area contributed by atoms with Crippen LogP contribution in [0.4, 0.5) is 0 Å². The molecular weight excluding hydrogens is 853 g/mol. The summed E-state index contributed by atoms with van der Waals surface area (Å²) in [5.74, 6) is -2.31. The number of benzene rings is 2. The van der Waals surface area contributed by atoms with Gasteiger partial charge in [0.05, 0.1) is 30.1 Å². The van der Waals surface area contributed by atoms with Gasteiger partial charge >= 0.3 is 5.97 Å². The highest BCUT2D eigenvalue weighted by molar-refractivity contribution is 5.97. The molecule has 4 aliphatic rings. The van der Waals surface area contributed by atoms with Crippen molar-refractivity contribution >= 4 is 40.5 Å². The Bertz CT molecular complexity index is 2550. The zero-order valence-electron chi connectivity index (χ0n) is 40.1. The Morgan fingerprint density at radius 3 is 2.52 bits per heavy atom. The number of nitrogens with one attached hydrogen (secondary N) is 3. The van der Waals surface area contributed by atoms with Crippen LogP contribution in [0, 0.1) is 11.3 Å². The first-order valence-electron chi connectivity index (χ1n) is 23.8. The van der Waals surface area contributed by atoms with Crippen LogP contribution in [0.2, 0.25) is 0 Å². The Labute approximate surface area is 392 Å². The maximum absolute atomic E-state index is 14.8. The Kier molecular flexibility index (Phi) is 13.8. The fourth-order valence-corrected chi connectivity index (χ4v) is 10.3. The van der Waals surface area contributed by atoms with Crippen LogP contribution in [0.3, 0.4) is 0 Å². The maximum Gasteiger partial charge on any atom is 0.324 e. The molecular formula is C51H66N8O8. The molecule has 2 aromatic carbocycles. The number of phenols is 1. The molecule has 4 aliphatic heterocycles. The number of hydrazine groups is 1. The molecule has 6 bridgehead atoms. The van der Waals surface area contributed by atoms with Gasteiger partial charge < -0.3 is 39.6 Å². The van der Waals surface area contributed by atoms with E-state index in [1.165, 1.54) is 9.91 Å². The molecule has 16 nitrogen and oxygen atoms in total. The average Bonchev–Trinajstić information content (AvgIpc) is 3.97. The second-order valence-corrected chi connectivity index (χ2v) is 19.8. The van der Waals surface area contributed by atoms with E-state index in [0.717, 1.165) is 39.0 Å². The summed E-state index contributed by atoms with van der Waals surface area (Å²) in [5, 5.41) is 19.8. The topological polar surface area (TPSA) is 198 Å². The smallest absolute Gasteiger partial charge is 0.324 e. The average molecular weight is 919 g/mol. The Morgan fingerprint density at radius 1 is 1.04 bits per heavy atom. The van der Waals surface area contributed by atoms with Crippen LogP contribution in [0.25, 0.3) is 33.3 Å². The van der Waals surface area contributed by atoms with E-state index in [4.69, 9.17) is 14.5 Å². The van der Waals surface area contributed by atoms with Gasteiger partial charge in [-0.25, -0.2) is 5.43 Å². The summed E-state index contributed by atoms with van der Waals surface area (Å²) in [6.07, 6.45) is 4.14. The number of carbonyl (C=O) groups excluding carboxylic acids is 5. The number of hydrogen-bond acceptors (Lipinski definition) is 11. The SMILES string of the molecule is CCn1c(-c2cccnc2[C@H](C)OC)c2c3cc(ccc31)-c1cc(O)cc(c1)C[C@H](NC(=O)[C@H](C(C)C)N(C)C(=O)[C@H]1CCCN1C(=O)[C@H]1CN1)C(=O)N1CCC[C@H](N1)C(=O)OCC(C)(C)C2. The van der Waals surface area contributed by atoms with E-state index in [-0.39, 0.29) is 55.2 Å². The maximum atomic E-state index is 14.8. The second-order valence-electron chi connectivity index (χ2n) is 19.8. The van der Waals surface area contributed by atoms with E-state index in [0.29, 0.717) is 62.9 Å². The number of nitrogens with zero attached hydrogens (tertiary/aromatic N) is 5. The number of pyridine rings is 1. The number of likely N-dealkylation sites (N-methyl/N-ethyl adjacent to an activating group) is 1. The molecule has 3 fully saturated rings. The van der Waals surface area contributed by atoms with E-state index in [1.807, 2.05) is 39.0 Å². The van der Waals surface area contributed by atoms with E-state index in [1.54, 1.807) is 37.4 Å². The minimum absolute atomic E-state index is 0.0115. The number of fused-ring (bicyclic) bond motifs is 6. The number of cyclic esters (lactones) is 1. The van der Waals surface area contributed by atoms with Gasteiger partial charge in [0.15, 0.2) is 0 Å². The quantitative estimate of drug-likeness (QED) is 0.125. The van der Waals surface area contributed by atoms with Crippen LogP contribution in [0.15, 0.2) is 54.7 Å². The molecule has 6 atom stereocenters. The van der Waals surface area contributed by atoms with Gasteiger partial charge in [-0.2, -0.15) is 0 Å². The first kappa shape index (κ1) is 47.6. The number of ether oxygens (including phenoxy) is 2. The number of phenolic OH excluding ortho intramolecular Hbond substituents is 1. The van der Waals surface area contributed by atoms with Gasteiger partial charge in [-0.15, -0.1) is 0 Å². The van der Waals surface area contributed by atoms with E-state index in [2.05, 4.69) is 59.6 Å². The van der Waals surface area contributed by atoms with Crippen LogP contribution in [0.5, 0.6) is 5.75 Å². The van der Waals surface area contributed by atoms with Crippen LogP contribution in [-0.4, -0.2) is 130 Å². The summed E-state index contributed by atoms with van der Waals surface area (Å²) in [5.41, 5.74) is 9.54. The molecule has 0 radical (unpaired) electrons. The number of amides is 4. The lowest BCUT2D eigenvalue weighted by Gasteiger charge is -2.37. The zero-order chi connectivity index (χ0) is 47.9. The number of aromatic hydroxyl groups is 1. The molecule has 4 amide bonds. The highest BCUT2D eigenvalue weighted by atomic mass is 16.5. The zero-order valence-corrected chi connectivity index (χ0v) is 40.1. The van der Waals surface area contributed by atoms with Gasteiger partial charge in [0.2, 0.25) is 17.7 Å². The van der Waals surface area contributed by atoms with Crippen LogP contribution >= 0.6 is 0 Å². The number of aryl methyl sites for hydroxylation is 1. The number of carbonyl (C=O) groups is 5. The van der Waals surface area contributed by atoms with Crippen molar-refractivity contribution in [3.05, 3.63) is 71.5 Å². The van der Waals surface area contributed by atoms with Crippen molar-refractivity contribution in [1.82, 2.24) is 40.4 Å². The first-order chi connectivity index (χ1) is 32.0. The van der Waals surface area contributed by atoms with Gasteiger partial charge in [0.25, 0.3) is 5.91 Å². The lowest BCUT2D eigenvalue weighted by atomic mass is 9.84. The summed E-state index contributed by atoms with van der Waals surface area (Å²) in [4.78, 5) is 78.4. The van der Waals surface area contributed by atoms with Crippen LogP contribution in [-0.2, 0) is 52.8 Å². The minimum Gasteiger partial charge on any atom is -0.508 e. The van der Waals surface area contributed by atoms with Gasteiger partial charge in [-0.1, -0.05) is 39.8 Å². The Morgan fingerprint density at radius 2 is 1.81 bits per heavy atom. The van der Waals surface area contributed by atoms with Crippen molar-refractivity contribution in [2.24, 2.45) is 11.3 Å². The van der Waals surface area contributed by atoms with E-state index in [9.17, 15) is 29.1 Å². The molecule has 358 valence electrons. The van der Waals surface area contributed by atoms with Crippen LogP contribution < -0.4 is 16.1 Å². The summed E-state index contributed by atoms with van der Waals surface area (Å²) in [7, 11) is 3.25. The molecule has 67 heavy (non-hydrogen) atoms. The molecule has 4 aromatic rings. The minimum atomic E-state index is -1.17. The molecule has 0 unspecified atom stereocenters. The summed E-state index contributed by atoms with van der Waals surface area (Å²) in [6.45, 7) is 14.0. The fraction of sp³-hybridized carbons (Fsp3) is 0.529. The number of rotatable bonds is 10. The normalized spacial score (nSPS) is 22.8. The second kappa shape index (κ2) is 19.4. The number of aromatic nitrogens is 2. The number of esters is 1. The molecule has 3 saturated heterocycles. The predicted molar refractivity (Wildman–Crippen MR) is 253 cm³/mol. The molecule has 16 heteroatoms. The molecule has 0 aliphatic carbocycles. The van der Waals surface area contributed by atoms with Gasteiger partial charge in [-0.3, -0.25) is 34.0 Å². The third kappa shape index (κ3) is 9.79.